The maximum absolute atomic E-state index is 13.1. The molecule has 1 aliphatic heterocycles. The van der Waals surface area contributed by atoms with E-state index in [2.05, 4.69) is 20.9 Å². The Labute approximate surface area is 135 Å². The first kappa shape index (κ1) is 14.4. The summed E-state index contributed by atoms with van der Waals surface area (Å²) in [4.78, 5) is 6.21. The van der Waals surface area contributed by atoms with Crippen molar-refractivity contribution in [3.63, 3.8) is 0 Å². The number of hydrogen-bond acceptors (Lipinski definition) is 3. The Balaban J connectivity index is 2.00. The van der Waals surface area contributed by atoms with Crippen molar-refractivity contribution in [3.05, 3.63) is 63.3 Å². The summed E-state index contributed by atoms with van der Waals surface area (Å²) < 4.78 is 14.0. The van der Waals surface area contributed by atoms with E-state index < -0.39 is 0 Å². The van der Waals surface area contributed by atoms with Crippen molar-refractivity contribution in [2.45, 2.75) is 6.04 Å². The molecule has 21 heavy (non-hydrogen) atoms. The smallest absolute Gasteiger partial charge is 0.196 e. The molecule has 108 valence electrons. The summed E-state index contributed by atoms with van der Waals surface area (Å²) >= 11 is 9.51. The molecule has 1 heterocycles. The highest BCUT2D eigenvalue weighted by molar-refractivity contribution is 9.10. The number of nitrogens with zero attached hydrogens (tertiary/aromatic N) is 2. The van der Waals surface area contributed by atoms with E-state index in [-0.39, 0.29) is 11.9 Å². The monoisotopic (exact) mass is 367 g/mol. The van der Waals surface area contributed by atoms with Crippen LogP contribution in [-0.4, -0.2) is 12.5 Å². The second-order valence-electron chi connectivity index (χ2n) is 4.73. The molecule has 2 N–H and O–H groups in total. The first-order valence-corrected chi connectivity index (χ1v) is 7.53. The lowest BCUT2D eigenvalue weighted by Gasteiger charge is -2.27. The summed E-state index contributed by atoms with van der Waals surface area (Å²) in [5.74, 6) is 0.145. The van der Waals surface area contributed by atoms with E-state index in [4.69, 9.17) is 17.3 Å². The number of rotatable bonds is 2. The number of guanidine groups is 1. The van der Waals surface area contributed by atoms with E-state index in [9.17, 15) is 4.39 Å². The van der Waals surface area contributed by atoms with E-state index in [1.165, 1.54) is 12.1 Å². The third-order valence-electron chi connectivity index (χ3n) is 3.41. The molecule has 0 aliphatic carbocycles. The van der Waals surface area contributed by atoms with Crippen molar-refractivity contribution in [1.82, 2.24) is 0 Å². The molecule has 0 radical (unpaired) electrons. The van der Waals surface area contributed by atoms with Crippen molar-refractivity contribution >= 4 is 39.2 Å². The molecule has 2 aromatic carbocycles. The number of benzene rings is 2. The molecule has 0 amide bonds. The summed E-state index contributed by atoms with van der Waals surface area (Å²) in [6.45, 7) is 0.545. The van der Waals surface area contributed by atoms with Gasteiger partial charge in [0, 0.05) is 15.2 Å². The highest BCUT2D eigenvalue weighted by Gasteiger charge is 2.30. The van der Waals surface area contributed by atoms with Crippen LogP contribution in [0.4, 0.5) is 10.1 Å². The molecule has 3 rings (SSSR count). The van der Waals surface area contributed by atoms with Gasteiger partial charge in [-0.15, -0.1) is 0 Å². The van der Waals surface area contributed by atoms with E-state index in [0.29, 0.717) is 17.5 Å². The third-order valence-corrected chi connectivity index (χ3v) is 4.33. The molecule has 0 spiro atoms. The zero-order chi connectivity index (χ0) is 15.0. The summed E-state index contributed by atoms with van der Waals surface area (Å²) in [5, 5.41) is 0.658. The van der Waals surface area contributed by atoms with Gasteiger partial charge in [-0.1, -0.05) is 33.6 Å². The highest BCUT2D eigenvalue weighted by Crippen LogP contribution is 2.35. The molecule has 6 heteroatoms. The van der Waals surface area contributed by atoms with Gasteiger partial charge in [0.25, 0.3) is 0 Å². The standard InChI is InChI=1S/C15H12BrClFN3/c16-13-7-9(17)1-6-12(13)14-8-20-15(19)21(14)11-4-2-10(18)3-5-11/h1-7,14H,8H2,(H2,19,20). The molecule has 3 nitrogen and oxygen atoms in total. The Morgan fingerprint density at radius 2 is 1.95 bits per heavy atom. The SMILES string of the molecule is NC1=NCC(c2ccc(Cl)cc2Br)N1c1ccc(F)cc1. The largest absolute Gasteiger partial charge is 0.369 e. The topological polar surface area (TPSA) is 41.6 Å². The maximum atomic E-state index is 13.1. The first-order valence-electron chi connectivity index (χ1n) is 6.36. The van der Waals surface area contributed by atoms with Crippen LogP contribution >= 0.6 is 27.5 Å². The van der Waals surface area contributed by atoms with Gasteiger partial charge >= 0.3 is 0 Å². The fraction of sp³-hybridized carbons (Fsp3) is 0.133. The van der Waals surface area contributed by atoms with Crippen molar-refractivity contribution < 1.29 is 4.39 Å². The van der Waals surface area contributed by atoms with Crippen LogP contribution in [0.1, 0.15) is 11.6 Å². The molecule has 0 bridgehead atoms. The van der Waals surface area contributed by atoms with Crippen LogP contribution < -0.4 is 10.6 Å². The lowest BCUT2D eigenvalue weighted by molar-refractivity contribution is 0.627. The lowest BCUT2D eigenvalue weighted by Crippen LogP contribution is -2.36. The number of hydrogen-bond donors (Lipinski definition) is 1. The van der Waals surface area contributed by atoms with Crippen LogP contribution in [0.15, 0.2) is 51.9 Å². The molecular formula is C15H12BrClFN3. The van der Waals surface area contributed by atoms with Crippen LogP contribution in [0.3, 0.4) is 0 Å². The third kappa shape index (κ3) is 2.76. The zero-order valence-electron chi connectivity index (χ0n) is 10.9. The zero-order valence-corrected chi connectivity index (χ0v) is 13.3. The van der Waals surface area contributed by atoms with Gasteiger partial charge < -0.3 is 10.6 Å². The summed E-state index contributed by atoms with van der Waals surface area (Å²) in [5.41, 5.74) is 7.84. The van der Waals surface area contributed by atoms with Gasteiger partial charge in [-0.2, -0.15) is 0 Å². The van der Waals surface area contributed by atoms with Crippen molar-refractivity contribution in [1.29, 1.82) is 0 Å². The van der Waals surface area contributed by atoms with E-state index in [0.717, 1.165) is 15.7 Å². The minimum absolute atomic E-state index is 0.0397. The van der Waals surface area contributed by atoms with Gasteiger partial charge in [-0.3, -0.25) is 4.99 Å². The molecule has 0 fully saturated rings. The predicted molar refractivity (Wildman–Crippen MR) is 87.3 cm³/mol. The first-order chi connectivity index (χ1) is 10.1. The quantitative estimate of drug-likeness (QED) is 0.866. The normalized spacial score (nSPS) is 18.0. The van der Waals surface area contributed by atoms with Crippen LogP contribution in [0.2, 0.25) is 5.02 Å². The minimum Gasteiger partial charge on any atom is -0.369 e. The summed E-state index contributed by atoms with van der Waals surface area (Å²) in [6, 6.07) is 11.8. The Kier molecular flexibility index (Phi) is 3.87. The minimum atomic E-state index is -0.280. The second kappa shape index (κ2) is 5.66. The maximum Gasteiger partial charge on any atom is 0.196 e. The molecule has 1 aliphatic rings. The number of nitrogens with two attached hydrogens (primary N) is 1. The van der Waals surface area contributed by atoms with Gasteiger partial charge in [-0.05, 0) is 42.0 Å². The van der Waals surface area contributed by atoms with Crippen molar-refractivity contribution in [2.24, 2.45) is 10.7 Å². The Morgan fingerprint density at radius 3 is 2.62 bits per heavy atom. The Morgan fingerprint density at radius 1 is 1.24 bits per heavy atom. The molecule has 1 unspecified atom stereocenters. The van der Waals surface area contributed by atoms with E-state index >= 15 is 0 Å². The molecule has 0 saturated carbocycles. The molecule has 0 aromatic heterocycles. The van der Waals surface area contributed by atoms with Crippen LogP contribution in [0.5, 0.6) is 0 Å². The van der Waals surface area contributed by atoms with Gasteiger partial charge in [0.05, 0.1) is 12.6 Å². The predicted octanol–water partition coefficient (Wildman–Crippen LogP) is 4.12. The van der Waals surface area contributed by atoms with Crippen LogP contribution in [0, 0.1) is 5.82 Å². The summed E-state index contributed by atoms with van der Waals surface area (Å²) in [6.07, 6.45) is 0. The fourth-order valence-electron chi connectivity index (χ4n) is 2.42. The fourth-order valence-corrected chi connectivity index (χ4v) is 3.37. The van der Waals surface area contributed by atoms with Gasteiger partial charge in [-0.25, -0.2) is 4.39 Å². The number of aliphatic imine (C=N–C) groups is 1. The summed E-state index contributed by atoms with van der Waals surface area (Å²) in [7, 11) is 0. The van der Waals surface area contributed by atoms with E-state index in [1.54, 1.807) is 12.1 Å². The van der Waals surface area contributed by atoms with Crippen molar-refractivity contribution in [3.8, 4) is 0 Å². The molecular weight excluding hydrogens is 357 g/mol. The average molecular weight is 369 g/mol. The van der Waals surface area contributed by atoms with Crippen molar-refractivity contribution in [2.75, 3.05) is 11.4 Å². The van der Waals surface area contributed by atoms with Crippen LogP contribution in [0.25, 0.3) is 0 Å². The average Bonchev–Trinajstić information content (AvgIpc) is 2.82. The lowest BCUT2D eigenvalue weighted by atomic mass is 10.1. The highest BCUT2D eigenvalue weighted by atomic mass is 79.9. The molecule has 0 saturated heterocycles. The Bertz CT molecular complexity index is 703. The molecule has 1 atom stereocenters. The van der Waals surface area contributed by atoms with Crippen LogP contribution in [-0.2, 0) is 0 Å². The van der Waals surface area contributed by atoms with E-state index in [1.807, 2.05) is 23.1 Å². The van der Waals surface area contributed by atoms with Gasteiger partial charge in [0.2, 0.25) is 0 Å². The van der Waals surface area contributed by atoms with Gasteiger partial charge in [0.1, 0.15) is 5.82 Å². The number of anilines is 1. The number of halogens is 3. The molecule has 2 aromatic rings. The second-order valence-corrected chi connectivity index (χ2v) is 6.02. The van der Waals surface area contributed by atoms with Gasteiger partial charge in [0.15, 0.2) is 5.96 Å². The Hall–Kier alpha value is -1.59.